The molecule has 0 aliphatic carbocycles. The molecule has 1 aliphatic heterocycles. The molecule has 1 aromatic rings. The van der Waals surface area contributed by atoms with Gasteiger partial charge in [0, 0.05) is 11.4 Å². The van der Waals surface area contributed by atoms with Gasteiger partial charge in [0.15, 0.2) is 11.6 Å². The lowest BCUT2D eigenvalue weighted by Gasteiger charge is -2.23. The van der Waals surface area contributed by atoms with Crippen LogP contribution in [0.5, 0.6) is 0 Å². The van der Waals surface area contributed by atoms with E-state index in [9.17, 15) is 8.78 Å². The highest BCUT2D eigenvalue weighted by atomic mass is 32.2. The smallest absolute Gasteiger partial charge is 0.172 e. The van der Waals surface area contributed by atoms with Crippen molar-refractivity contribution in [2.24, 2.45) is 0 Å². The third-order valence-corrected chi connectivity index (χ3v) is 3.79. The van der Waals surface area contributed by atoms with Crippen LogP contribution in [0, 0.1) is 11.6 Å². The normalized spacial score (nSPS) is 21.1. The van der Waals surface area contributed by atoms with Gasteiger partial charge in [0.1, 0.15) is 0 Å². The monoisotopic (exact) mass is 243 g/mol. The van der Waals surface area contributed by atoms with E-state index in [2.05, 4.69) is 5.32 Å². The van der Waals surface area contributed by atoms with Crippen LogP contribution < -0.4 is 5.32 Å². The summed E-state index contributed by atoms with van der Waals surface area (Å²) in [5.41, 5.74) is 0.516. The van der Waals surface area contributed by atoms with Gasteiger partial charge in [0.2, 0.25) is 0 Å². The molecule has 1 unspecified atom stereocenters. The van der Waals surface area contributed by atoms with E-state index in [-0.39, 0.29) is 5.92 Å². The maximum Gasteiger partial charge on any atom is 0.172 e. The number of benzene rings is 1. The summed E-state index contributed by atoms with van der Waals surface area (Å²) in [6.07, 6.45) is 3.71. The van der Waals surface area contributed by atoms with Crippen molar-refractivity contribution in [2.45, 2.75) is 23.7 Å². The molecule has 1 nitrogen and oxygen atoms in total. The fraction of sp³-hybridized carbons (Fsp3) is 0.500. The standard InChI is InChI=1S/C12H15F2NS/c1-16-10-5-4-9(11(13)12(10)14)8-3-2-6-15-7-8/h4-5,8,15H,2-3,6-7H2,1H3. The molecular weight excluding hydrogens is 228 g/mol. The molecule has 16 heavy (non-hydrogen) atoms. The first-order chi connectivity index (χ1) is 7.74. The second kappa shape index (κ2) is 5.15. The first-order valence-corrected chi connectivity index (χ1v) is 6.69. The SMILES string of the molecule is CSc1ccc(C2CCCNC2)c(F)c1F. The minimum absolute atomic E-state index is 0.110. The number of piperidine rings is 1. The molecule has 1 saturated heterocycles. The van der Waals surface area contributed by atoms with Crippen molar-refractivity contribution in [1.29, 1.82) is 0 Å². The van der Waals surface area contributed by atoms with Crippen LogP contribution in [0.4, 0.5) is 8.78 Å². The Morgan fingerprint density at radius 3 is 2.75 bits per heavy atom. The minimum atomic E-state index is -0.699. The molecule has 4 heteroatoms. The summed E-state index contributed by atoms with van der Waals surface area (Å²) >= 11 is 1.23. The molecule has 0 aromatic heterocycles. The number of hydrogen-bond donors (Lipinski definition) is 1. The van der Waals surface area contributed by atoms with Gasteiger partial charge in [-0.1, -0.05) is 6.07 Å². The molecule has 0 radical (unpaired) electrons. The van der Waals surface area contributed by atoms with E-state index in [4.69, 9.17) is 0 Å². The van der Waals surface area contributed by atoms with E-state index >= 15 is 0 Å². The predicted octanol–water partition coefficient (Wildman–Crippen LogP) is 3.15. The summed E-state index contributed by atoms with van der Waals surface area (Å²) in [5.74, 6) is -1.25. The number of halogens is 2. The molecule has 0 saturated carbocycles. The molecule has 1 atom stereocenters. The zero-order valence-electron chi connectivity index (χ0n) is 9.22. The molecule has 1 fully saturated rings. The van der Waals surface area contributed by atoms with Gasteiger partial charge in [0.25, 0.3) is 0 Å². The Hall–Kier alpha value is -0.610. The zero-order valence-corrected chi connectivity index (χ0v) is 10.0. The molecular formula is C12H15F2NS. The number of thioether (sulfide) groups is 1. The lowest BCUT2D eigenvalue weighted by atomic mass is 9.91. The number of nitrogens with one attached hydrogen (secondary N) is 1. The second-order valence-corrected chi connectivity index (χ2v) is 4.88. The van der Waals surface area contributed by atoms with Gasteiger partial charge in [-0.15, -0.1) is 11.8 Å². The van der Waals surface area contributed by atoms with Crippen LogP contribution in [0.1, 0.15) is 24.3 Å². The predicted molar refractivity (Wildman–Crippen MR) is 63.0 cm³/mol. The molecule has 0 amide bonds. The van der Waals surface area contributed by atoms with Crippen molar-refractivity contribution in [3.8, 4) is 0 Å². The van der Waals surface area contributed by atoms with Crippen molar-refractivity contribution in [3.63, 3.8) is 0 Å². The van der Waals surface area contributed by atoms with Crippen LogP contribution >= 0.6 is 11.8 Å². The van der Waals surface area contributed by atoms with Crippen molar-refractivity contribution in [2.75, 3.05) is 19.3 Å². The Balaban J connectivity index is 2.30. The van der Waals surface area contributed by atoms with Gasteiger partial charge in [0.05, 0.1) is 0 Å². The summed E-state index contributed by atoms with van der Waals surface area (Å²) in [5, 5.41) is 3.21. The van der Waals surface area contributed by atoms with Gasteiger partial charge in [-0.2, -0.15) is 0 Å². The van der Waals surface area contributed by atoms with E-state index in [1.165, 1.54) is 11.8 Å². The highest BCUT2D eigenvalue weighted by Crippen LogP contribution is 2.30. The Labute approximate surface area is 98.6 Å². The van der Waals surface area contributed by atoms with E-state index in [1.54, 1.807) is 18.4 Å². The van der Waals surface area contributed by atoms with Gasteiger partial charge in [-0.3, -0.25) is 0 Å². The Bertz CT molecular complexity index is 376. The lowest BCUT2D eigenvalue weighted by molar-refractivity contribution is 0.426. The lowest BCUT2D eigenvalue weighted by Crippen LogP contribution is -2.29. The minimum Gasteiger partial charge on any atom is -0.316 e. The molecule has 0 spiro atoms. The molecule has 0 bridgehead atoms. The highest BCUT2D eigenvalue weighted by molar-refractivity contribution is 7.98. The fourth-order valence-corrected chi connectivity index (χ4v) is 2.61. The third kappa shape index (κ3) is 2.23. The van der Waals surface area contributed by atoms with E-state index in [1.807, 2.05) is 0 Å². The van der Waals surface area contributed by atoms with Crippen molar-refractivity contribution in [1.82, 2.24) is 5.32 Å². The van der Waals surface area contributed by atoms with Crippen LogP contribution in [0.25, 0.3) is 0 Å². The zero-order chi connectivity index (χ0) is 11.5. The number of rotatable bonds is 2. The van der Waals surface area contributed by atoms with Crippen LogP contribution in [0.3, 0.4) is 0 Å². The van der Waals surface area contributed by atoms with Crippen molar-refractivity contribution >= 4 is 11.8 Å². The summed E-state index contributed by atoms with van der Waals surface area (Å²) < 4.78 is 27.4. The van der Waals surface area contributed by atoms with Gasteiger partial charge in [-0.05, 0) is 43.2 Å². The van der Waals surface area contributed by atoms with Crippen molar-refractivity contribution in [3.05, 3.63) is 29.3 Å². The topological polar surface area (TPSA) is 12.0 Å². The third-order valence-electron chi connectivity index (χ3n) is 3.03. The van der Waals surface area contributed by atoms with Crippen LogP contribution in [0.15, 0.2) is 17.0 Å². The number of hydrogen-bond acceptors (Lipinski definition) is 2. The first kappa shape index (κ1) is 11.9. The van der Waals surface area contributed by atoms with E-state index < -0.39 is 11.6 Å². The summed E-state index contributed by atoms with van der Waals surface area (Å²) in [4.78, 5) is 0.380. The van der Waals surface area contributed by atoms with E-state index in [0.29, 0.717) is 10.5 Å². The second-order valence-electron chi connectivity index (χ2n) is 4.03. The Kier molecular flexibility index (Phi) is 3.82. The molecule has 1 N–H and O–H groups in total. The van der Waals surface area contributed by atoms with Gasteiger partial charge in [-0.25, -0.2) is 8.78 Å². The quantitative estimate of drug-likeness (QED) is 0.801. The maximum absolute atomic E-state index is 13.8. The highest BCUT2D eigenvalue weighted by Gasteiger charge is 2.21. The molecule has 1 heterocycles. The molecule has 1 aromatic carbocycles. The summed E-state index contributed by atoms with van der Waals surface area (Å²) in [7, 11) is 0. The summed E-state index contributed by atoms with van der Waals surface area (Å²) in [6, 6.07) is 3.40. The van der Waals surface area contributed by atoms with E-state index in [0.717, 1.165) is 25.9 Å². The maximum atomic E-state index is 13.8. The first-order valence-electron chi connectivity index (χ1n) is 5.46. The largest absolute Gasteiger partial charge is 0.316 e. The summed E-state index contributed by atoms with van der Waals surface area (Å²) in [6.45, 7) is 1.72. The Morgan fingerprint density at radius 1 is 1.31 bits per heavy atom. The van der Waals surface area contributed by atoms with Crippen molar-refractivity contribution < 1.29 is 8.78 Å². The van der Waals surface area contributed by atoms with Gasteiger partial charge < -0.3 is 5.32 Å². The fourth-order valence-electron chi connectivity index (χ4n) is 2.14. The van der Waals surface area contributed by atoms with Gasteiger partial charge >= 0.3 is 0 Å². The molecule has 2 rings (SSSR count). The van der Waals surface area contributed by atoms with Crippen LogP contribution in [-0.2, 0) is 0 Å². The Morgan fingerprint density at radius 2 is 2.12 bits per heavy atom. The van der Waals surface area contributed by atoms with Crippen LogP contribution in [0.2, 0.25) is 0 Å². The molecule has 88 valence electrons. The average molecular weight is 243 g/mol. The average Bonchev–Trinajstić information content (AvgIpc) is 2.34. The van der Waals surface area contributed by atoms with Crippen LogP contribution in [-0.4, -0.2) is 19.3 Å². The molecule has 1 aliphatic rings.